The highest BCUT2D eigenvalue weighted by molar-refractivity contribution is 5.46. The van der Waals surface area contributed by atoms with Crippen molar-refractivity contribution in [3.05, 3.63) is 24.3 Å². The van der Waals surface area contributed by atoms with E-state index < -0.39 is 0 Å². The van der Waals surface area contributed by atoms with E-state index in [0.717, 1.165) is 24.0 Å². The Bertz CT molecular complexity index is 490. The van der Waals surface area contributed by atoms with E-state index in [1.807, 2.05) is 30.7 Å². The fourth-order valence-electron chi connectivity index (χ4n) is 1.47. The van der Waals surface area contributed by atoms with Crippen molar-refractivity contribution in [3.8, 4) is 5.82 Å². The van der Waals surface area contributed by atoms with Gasteiger partial charge in [0.1, 0.15) is 17.5 Å². The molecule has 0 bridgehead atoms. The Balaban J connectivity index is 2.45. The number of aromatic nitrogens is 4. The molecule has 2 rings (SSSR count). The molecule has 0 atom stereocenters. The van der Waals surface area contributed by atoms with E-state index >= 15 is 0 Å². The Morgan fingerprint density at radius 3 is 2.88 bits per heavy atom. The number of anilines is 2. The molecule has 0 aliphatic rings. The van der Waals surface area contributed by atoms with Gasteiger partial charge in [-0.05, 0) is 13.8 Å². The number of nitrogen functional groups attached to an aromatic ring is 1. The monoisotopic (exact) mass is 218 g/mol. The minimum Gasteiger partial charge on any atom is -0.370 e. The first-order chi connectivity index (χ1) is 7.70. The number of nitrogens with zero attached hydrogens (tertiary/aromatic N) is 4. The normalized spacial score (nSPS) is 10.4. The Labute approximate surface area is 93.6 Å². The standard InChI is InChI=1S/C10H14N6/c1-3-12-8-6-9(15-10(11)14-8)16-5-4-13-7(16)2/h4-6H,3H2,1-2H3,(H3,11,12,14,15). The van der Waals surface area contributed by atoms with Crippen LogP contribution in [0.2, 0.25) is 0 Å². The molecule has 0 radical (unpaired) electrons. The molecule has 6 nitrogen and oxygen atoms in total. The van der Waals surface area contributed by atoms with Crippen LogP contribution in [0.3, 0.4) is 0 Å². The van der Waals surface area contributed by atoms with Crippen LogP contribution in [0.5, 0.6) is 0 Å². The Hall–Kier alpha value is -2.11. The molecule has 0 saturated carbocycles. The lowest BCUT2D eigenvalue weighted by molar-refractivity contribution is 0.923. The molecule has 0 aromatic carbocycles. The lowest BCUT2D eigenvalue weighted by Gasteiger charge is -2.08. The first-order valence-corrected chi connectivity index (χ1v) is 5.09. The number of nitrogens with two attached hydrogens (primary N) is 1. The predicted molar refractivity (Wildman–Crippen MR) is 62.5 cm³/mol. The molecule has 0 amide bonds. The fourth-order valence-corrected chi connectivity index (χ4v) is 1.47. The van der Waals surface area contributed by atoms with E-state index in [1.54, 1.807) is 6.20 Å². The van der Waals surface area contributed by atoms with Crippen molar-refractivity contribution in [2.45, 2.75) is 13.8 Å². The second-order valence-corrected chi connectivity index (χ2v) is 3.34. The summed E-state index contributed by atoms with van der Waals surface area (Å²) in [5.41, 5.74) is 5.65. The third-order valence-electron chi connectivity index (χ3n) is 2.16. The van der Waals surface area contributed by atoms with Crippen LogP contribution in [0.4, 0.5) is 11.8 Å². The zero-order chi connectivity index (χ0) is 11.5. The molecule has 0 unspecified atom stereocenters. The van der Waals surface area contributed by atoms with Crippen LogP contribution in [0.25, 0.3) is 5.82 Å². The van der Waals surface area contributed by atoms with Crippen LogP contribution in [0, 0.1) is 6.92 Å². The first kappa shape index (κ1) is 10.4. The van der Waals surface area contributed by atoms with Gasteiger partial charge in [0, 0.05) is 25.0 Å². The van der Waals surface area contributed by atoms with Crippen molar-refractivity contribution in [2.75, 3.05) is 17.6 Å². The Morgan fingerprint density at radius 1 is 1.44 bits per heavy atom. The summed E-state index contributed by atoms with van der Waals surface area (Å²) in [6.45, 7) is 4.70. The predicted octanol–water partition coefficient (Wildman–Crippen LogP) is 0.985. The van der Waals surface area contributed by atoms with Gasteiger partial charge in [-0.25, -0.2) is 4.98 Å². The average molecular weight is 218 g/mol. The molecule has 0 spiro atoms. The lowest BCUT2D eigenvalue weighted by Crippen LogP contribution is -2.07. The van der Waals surface area contributed by atoms with Crippen molar-refractivity contribution < 1.29 is 0 Å². The zero-order valence-corrected chi connectivity index (χ0v) is 9.31. The summed E-state index contributed by atoms with van der Waals surface area (Å²) in [5, 5.41) is 3.11. The number of imidazole rings is 1. The van der Waals surface area contributed by atoms with Crippen LogP contribution in [-0.2, 0) is 0 Å². The van der Waals surface area contributed by atoms with Crippen molar-refractivity contribution >= 4 is 11.8 Å². The van der Waals surface area contributed by atoms with Gasteiger partial charge in [0.25, 0.3) is 0 Å². The van der Waals surface area contributed by atoms with Gasteiger partial charge in [0.15, 0.2) is 0 Å². The van der Waals surface area contributed by atoms with Crippen molar-refractivity contribution in [1.29, 1.82) is 0 Å². The first-order valence-electron chi connectivity index (χ1n) is 5.09. The second-order valence-electron chi connectivity index (χ2n) is 3.34. The van der Waals surface area contributed by atoms with E-state index in [-0.39, 0.29) is 5.95 Å². The Morgan fingerprint density at radius 2 is 2.25 bits per heavy atom. The highest BCUT2D eigenvalue weighted by Crippen LogP contribution is 2.13. The maximum atomic E-state index is 5.65. The molecular weight excluding hydrogens is 204 g/mol. The number of aryl methyl sites for hydroxylation is 1. The molecule has 6 heteroatoms. The molecular formula is C10H14N6. The summed E-state index contributed by atoms with van der Waals surface area (Å²) >= 11 is 0. The van der Waals surface area contributed by atoms with Gasteiger partial charge in [-0.15, -0.1) is 0 Å². The third kappa shape index (κ3) is 1.95. The van der Waals surface area contributed by atoms with Gasteiger partial charge < -0.3 is 11.1 Å². The summed E-state index contributed by atoms with van der Waals surface area (Å²) in [6, 6.07) is 1.84. The molecule has 2 aromatic rings. The third-order valence-corrected chi connectivity index (χ3v) is 2.16. The molecule has 16 heavy (non-hydrogen) atoms. The fraction of sp³-hybridized carbons (Fsp3) is 0.300. The molecule has 3 N–H and O–H groups in total. The van der Waals surface area contributed by atoms with Crippen LogP contribution in [0.15, 0.2) is 18.5 Å². The maximum absolute atomic E-state index is 5.65. The number of hydrogen-bond donors (Lipinski definition) is 2. The quantitative estimate of drug-likeness (QED) is 0.802. The largest absolute Gasteiger partial charge is 0.370 e. The van der Waals surface area contributed by atoms with E-state index in [1.165, 1.54) is 0 Å². The van der Waals surface area contributed by atoms with Gasteiger partial charge >= 0.3 is 0 Å². The van der Waals surface area contributed by atoms with E-state index in [9.17, 15) is 0 Å². The van der Waals surface area contributed by atoms with Gasteiger partial charge in [-0.1, -0.05) is 0 Å². The van der Waals surface area contributed by atoms with Crippen LogP contribution in [0.1, 0.15) is 12.7 Å². The van der Waals surface area contributed by atoms with Crippen molar-refractivity contribution in [2.24, 2.45) is 0 Å². The highest BCUT2D eigenvalue weighted by Gasteiger charge is 2.05. The summed E-state index contributed by atoms with van der Waals surface area (Å²) in [7, 11) is 0. The molecule has 0 aliphatic heterocycles. The molecule has 2 aromatic heterocycles. The van der Waals surface area contributed by atoms with E-state index in [0.29, 0.717) is 0 Å². The minimum absolute atomic E-state index is 0.251. The van der Waals surface area contributed by atoms with Crippen molar-refractivity contribution in [1.82, 2.24) is 19.5 Å². The lowest BCUT2D eigenvalue weighted by atomic mass is 10.5. The van der Waals surface area contributed by atoms with Crippen LogP contribution >= 0.6 is 0 Å². The van der Waals surface area contributed by atoms with Gasteiger partial charge in [-0.2, -0.15) is 9.97 Å². The van der Waals surface area contributed by atoms with E-state index in [2.05, 4.69) is 20.3 Å². The number of nitrogens with one attached hydrogen (secondary N) is 1. The topological polar surface area (TPSA) is 81.7 Å². The number of hydrogen-bond acceptors (Lipinski definition) is 5. The summed E-state index contributed by atoms with van der Waals surface area (Å²) in [6.07, 6.45) is 3.56. The highest BCUT2D eigenvalue weighted by atomic mass is 15.2. The maximum Gasteiger partial charge on any atom is 0.223 e. The van der Waals surface area contributed by atoms with E-state index in [4.69, 9.17) is 5.73 Å². The zero-order valence-electron chi connectivity index (χ0n) is 9.31. The van der Waals surface area contributed by atoms with Gasteiger partial charge in [0.05, 0.1) is 0 Å². The van der Waals surface area contributed by atoms with Crippen LogP contribution in [-0.4, -0.2) is 26.1 Å². The Kier molecular flexibility index (Phi) is 2.72. The summed E-state index contributed by atoms with van der Waals surface area (Å²) < 4.78 is 1.86. The molecule has 0 aliphatic carbocycles. The molecule has 84 valence electrons. The molecule has 0 saturated heterocycles. The van der Waals surface area contributed by atoms with Crippen LogP contribution < -0.4 is 11.1 Å². The molecule has 2 heterocycles. The van der Waals surface area contributed by atoms with Gasteiger partial charge in [0.2, 0.25) is 5.95 Å². The van der Waals surface area contributed by atoms with Crippen molar-refractivity contribution in [3.63, 3.8) is 0 Å². The second kappa shape index (κ2) is 4.18. The SMILES string of the molecule is CCNc1cc(-n2ccnc2C)nc(N)n1. The summed E-state index contributed by atoms with van der Waals surface area (Å²) in [4.78, 5) is 12.4. The number of rotatable bonds is 3. The molecule has 0 fully saturated rings. The average Bonchev–Trinajstić information content (AvgIpc) is 2.64. The van der Waals surface area contributed by atoms with Gasteiger partial charge in [-0.3, -0.25) is 4.57 Å². The smallest absolute Gasteiger partial charge is 0.223 e. The minimum atomic E-state index is 0.251. The summed E-state index contributed by atoms with van der Waals surface area (Å²) in [5.74, 6) is 2.55.